The van der Waals surface area contributed by atoms with Crippen molar-refractivity contribution in [2.45, 2.75) is 52.6 Å². The van der Waals surface area contributed by atoms with Crippen molar-refractivity contribution in [3.05, 3.63) is 0 Å². The number of esters is 1. The van der Waals surface area contributed by atoms with Gasteiger partial charge in [0.1, 0.15) is 0 Å². The third-order valence-electron chi connectivity index (χ3n) is 2.47. The lowest BCUT2D eigenvalue weighted by molar-refractivity contribution is -0.141. The van der Waals surface area contributed by atoms with Crippen molar-refractivity contribution < 1.29 is 14.3 Å². The average Bonchev–Trinajstić information content (AvgIpc) is 2.29. The highest BCUT2D eigenvalue weighted by Crippen LogP contribution is 2.09. The Hall–Kier alpha value is -0.610. The van der Waals surface area contributed by atoms with Crippen molar-refractivity contribution in [1.82, 2.24) is 5.32 Å². The van der Waals surface area contributed by atoms with Crippen molar-refractivity contribution in [1.29, 1.82) is 0 Å². The summed E-state index contributed by atoms with van der Waals surface area (Å²) in [5, 5.41) is 3.23. The molecular formula is C13H27NO3. The van der Waals surface area contributed by atoms with E-state index in [2.05, 4.69) is 19.2 Å². The summed E-state index contributed by atoms with van der Waals surface area (Å²) in [6.45, 7) is 8.83. The molecule has 0 aromatic carbocycles. The first-order chi connectivity index (χ1) is 8.20. The van der Waals surface area contributed by atoms with Crippen LogP contribution in [-0.2, 0) is 14.3 Å². The number of hydrogen-bond donors (Lipinski definition) is 1. The summed E-state index contributed by atoms with van der Waals surface area (Å²) in [7, 11) is 0. The largest absolute Gasteiger partial charge is 0.466 e. The predicted octanol–water partition coefficient (Wildman–Crippen LogP) is 2.12. The molecule has 4 nitrogen and oxygen atoms in total. The van der Waals surface area contributed by atoms with Gasteiger partial charge in [-0.1, -0.05) is 20.3 Å². The van der Waals surface area contributed by atoms with Crippen LogP contribution in [0.1, 0.15) is 46.5 Å². The van der Waals surface area contributed by atoms with E-state index in [1.165, 1.54) is 6.92 Å². The molecule has 0 heterocycles. The van der Waals surface area contributed by atoms with Crippen LogP contribution in [0.5, 0.6) is 0 Å². The summed E-state index contributed by atoms with van der Waals surface area (Å²) in [5.74, 6) is -0.204. The summed E-state index contributed by atoms with van der Waals surface area (Å²) >= 11 is 0. The summed E-state index contributed by atoms with van der Waals surface area (Å²) in [5.41, 5.74) is 0. The van der Waals surface area contributed by atoms with Gasteiger partial charge in [0.05, 0.1) is 19.3 Å². The molecule has 0 aliphatic carbocycles. The Kier molecular flexibility index (Phi) is 11.4. The maximum absolute atomic E-state index is 10.6. The Bertz CT molecular complexity index is 186. The number of carbonyl (C=O) groups is 1. The quantitative estimate of drug-likeness (QED) is 0.447. The third-order valence-corrected chi connectivity index (χ3v) is 2.47. The van der Waals surface area contributed by atoms with Crippen molar-refractivity contribution in [2.75, 3.05) is 26.3 Å². The highest BCUT2D eigenvalue weighted by Gasteiger charge is 2.07. The van der Waals surface area contributed by atoms with E-state index >= 15 is 0 Å². The number of carbonyl (C=O) groups excluding carboxylic acids is 1. The maximum atomic E-state index is 10.6. The fourth-order valence-corrected chi connectivity index (χ4v) is 1.63. The molecule has 102 valence electrons. The van der Waals surface area contributed by atoms with E-state index in [4.69, 9.17) is 9.47 Å². The van der Waals surface area contributed by atoms with Gasteiger partial charge in [0.2, 0.25) is 0 Å². The third kappa shape index (κ3) is 11.6. The van der Waals surface area contributed by atoms with Crippen molar-refractivity contribution in [3.8, 4) is 0 Å². The lowest BCUT2D eigenvalue weighted by atomic mass is 10.1. The predicted molar refractivity (Wildman–Crippen MR) is 69.1 cm³/mol. The fourth-order valence-electron chi connectivity index (χ4n) is 1.63. The van der Waals surface area contributed by atoms with E-state index in [9.17, 15) is 4.79 Å². The number of likely N-dealkylation sites (N-methyl/N-ethyl adjacent to an activating group) is 1. The van der Waals surface area contributed by atoms with E-state index in [0.717, 1.165) is 45.4 Å². The Morgan fingerprint density at radius 1 is 1.24 bits per heavy atom. The summed E-state index contributed by atoms with van der Waals surface area (Å²) in [6, 6.07) is 0. The van der Waals surface area contributed by atoms with Gasteiger partial charge < -0.3 is 14.8 Å². The van der Waals surface area contributed by atoms with Crippen LogP contribution in [0.2, 0.25) is 0 Å². The molecule has 0 aromatic rings. The van der Waals surface area contributed by atoms with Gasteiger partial charge in [0.15, 0.2) is 0 Å². The molecule has 0 bridgehead atoms. The average molecular weight is 245 g/mol. The zero-order valence-corrected chi connectivity index (χ0v) is 11.5. The van der Waals surface area contributed by atoms with Crippen molar-refractivity contribution in [2.24, 2.45) is 0 Å². The molecular weight excluding hydrogens is 218 g/mol. The molecule has 1 atom stereocenters. The van der Waals surface area contributed by atoms with E-state index in [1.807, 2.05) is 0 Å². The van der Waals surface area contributed by atoms with E-state index < -0.39 is 0 Å². The lowest BCUT2D eigenvalue weighted by Crippen LogP contribution is -2.23. The van der Waals surface area contributed by atoms with Crippen LogP contribution in [0.4, 0.5) is 0 Å². The summed E-state index contributed by atoms with van der Waals surface area (Å²) < 4.78 is 10.7. The number of nitrogens with one attached hydrogen (secondary N) is 1. The second-order valence-corrected chi connectivity index (χ2v) is 4.12. The van der Waals surface area contributed by atoms with Gasteiger partial charge in [0.25, 0.3) is 0 Å². The molecule has 0 rings (SSSR count). The molecule has 0 aliphatic rings. The second kappa shape index (κ2) is 11.9. The van der Waals surface area contributed by atoms with Crippen molar-refractivity contribution >= 4 is 5.97 Å². The van der Waals surface area contributed by atoms with Crippen LogP contribution in [0.25, 0.3) is 0 Å². The monoisotopic (exact) mass is 245 g/mol. The molecule has 0 saturated heterocycles. The molecule has 0 radical (unpaired) electrons. The Labute approximate surface area is 105 Å². The van der Waals surface area contributed by atoms with Crippen LogP contribution in [0.3, 0.4) is 0 Å². The topological polar surface area (TPSA) is 47.6 Å². The van der Waals surface area contributed by atoms with Crippen LogP contribution >= 0.6 is 0 Å². The van der Waals surface area contributed by atoms with E-state index in [1.54, 1.807) is 0 Å². The molecule has 1 N–H and O–H groups in total. The fraction of sp³-hybridized carbons (Fsp3) is 0.923. The van der Waals surface area contributed by atoms with Gasteiger partial charge >= 0.3 is 5.97 Å². The first-order valence-electron chi connectivity index (χ1n) is 6.66. The number of rotatable bonds is 11. The lowest BCUT2D eigenvalue weighted by Gasteiger charge is -2.17. The van der Waals surface area contributed by atoms with Gasteiger partial charge in [-0.3, -0.25) is 4.79 Å². The molecule has 0 fully saturated rings. The zero-order valence-electron chi connectivity index (χ0n) is 11.5. The smallest absolute Gasteiger partial charge is 0.302 e. The molecule has 0 aromatic heterocycles. The molecule has 0 saturated carbocycles. The first kappa shape index (κ1) is 16.4. The highest BCUT2D eigenvalue weighted by atomic mass is 16.5. The van der Waals surface area contributed by atoms with Gasteiger partial charge in [-0.2, -0.15) is 0 Å². The van der Waals surface area contributed by atoms with Crippen LogP contribution in [0, 0.1) is 0 Å². The van der Waals surface area contributed by atoms with Crippen LogP contribution < -0.4 is 5.32 Å². The number of ether oxygens (including phenoxy) is 2. The van der Waals surface area contributed by atoms with Gasteiger partial charge in [-0.05, 0) is 25.8 Å². The second-order valence-electron chi connectivity index (χ2n) is 4.12. The molecule has 0 spiro atoms. The summed E-state index contributed by atoms with van der Waals surface area (Å²) in [6.07, 6.45) is 4.35. The normalized spacial score (nSPS) is 12.4. The Morgan fingerprint density at radius 2 is 2.00 bits per heavy atom. The molecule has 4 heteroatoms. The molecule has 0 amide bonds. The van der Waals surface area contributed by atoms with Crippen molar-refractivity contribution in [3.63, 3.8) is 0 Å². The highest BCUT2D eigenvalue weighted by molar-refractivity contribution is 5.65. The molecule has 0 aliphatic heterocycles. The SMILES string of the molecule is CCCC(CCCOC(C)=O)OCCNCC. The standard InChI is InChI=1S/C13H27NO3/c1-4-7-13(17-11-9-14-5-2)8-6-10-16-12(3)15/h13-14H,4-11H2,1-3H3. The maximum Gasteiger partial charge on any atom is 0.302 e. The molecule has 1 unspecified atom stereocenters. The van der Waals surface area contributed by atoms with Gasteiger partial charge in [-0.25, -0.2) is 0 Å². The first-order valence-corrected chi connectivity index (χ1v) is 6.66. The van der Waals surface area contributed by atoms with Crippen LogP contribution in [0.15, 0.2) is 0 Å². The summed E-state index contributed by atoms with van der Waals surface area (Å²) in [4.78, 5) is 10.6. The molecule has 17 heavy (non-hydrogen) atoms. The van der Waals surface area contributed by atoms with Crippen LogP contribution in [-0.4, -0.2) is 38.4 Å². The van der Waals surface area contributed by atoms with Gasteiger partial charge in [-0.15, -0.1) is 0 Å². The zero-order chi connectivity index (χ0) is 12.9. The minimum Gasteiger partial charge on any atom is -0.466 e. The Morgan fingerprint density at radius 3 is 2.59 bits per heavy atom. The van der Waals surface area contributed by atoms with E-state index in [-0.39, 0.29) is 5.97 Å². The minimum absolute atomic E-state index is 0.204. The minimum atomic E-state index is -0.204. The number of hydrogen-bond acceptors (Lipinski definition) is 4. The van der Waals surface area contributed by atoms with Gasteiger partial charge in [0, 0.05) is 13.5 Å². The van der Waals surface area contributed by atoms with E-state index in [0.29, 0.717) is 12.7 Å². The Balaban J connectivity index is 3.55.